The summed E-state index contributed by atoms with van der Waals surface area (Å²) in [6, 6.07) is -0.420. The molecule has 82 valence electrons. The van der Waals surface area contributed by atoms with Crippen molar-refractivity contribution in [1.29, 1.82) is 0 Å². The van der Waals surface area contributed by atoms with E-state index in [1.54, 1.807) is 0 Å². The van der Waals surface area contributed by atoms with Crippen molar-refractivity contribution < 1.29 is 9.59 Å². The Morgan fingerprint density at radius 1 is 1.36 bits per heavy atom. The molecular formula is C9H19N3O2. The maximum atomic E-state index is 10.9. The van der Waals surface area contributed by atoms with Crippen LogP contribution in [0.15, 0.2) is 0 Å². The molecule has 0 fully saturated rings. The predicted octanol–water partition coefficient (Wildman–Crippen LogP) is 0.174. The number of hydrogen-bond donors (Lipinski definition) is 2. The molecule has 3 amide bonds. The van der Waals surface area contributed by atoms with Crippen molar-refractivity contribution in [2.24, 2.45) is 0 Å². The molecule has 0 aromatic heterocycles. The lowest BCUT2D eigenvalue weighted by Gasteiger charge is -2.13. The van der Waals surface area contributed by atoms with E-state index in [1.165, 1.54) is 6.92 Å². The number of nitrogens with zero attached hydrogens (tertiary/aromatic N) is 1. The van der Waals surface area contributed by atoms with Gasteiger partial charge in [-0.05, 0) is 26.6 Å². The van der Waals surface area contributed by atoms with Crippen LogP contribution in [0.4, 0.5) is 4.79 Å². The van der Waals surface area contributed by atoms with Crippen molar-refractivity contribution in [3.05, 3.63) is 0 Å². The highest BCUT2D eigenvalue weighted by Gasteiger charge is 2.01. The summed E-state index contributed by atoms with van der Waals surface area (Å²) < 4.78 is 0. The van der Waals surface area contributed by atoms with Gasteiger partial charge in [0.05, 0.1) is 0 Å². The van der Waals surface area contributed by atoms with E-state index in [9.17, 15) is 9.59 Å². The van der Waals surface area contributed by atoms with E-state index in [-0.39, 0.29) is 5.91 Å². The topological polar surface area (TPSA) is 61.4 Å². The second-order valence-electron chi connectivity index (χ2n) is 3.19. The summed E-state index contributed by atoms with van der Waals surface area (Å²) in [6.45, 7) is 5.92. The molecule has 0 radical (unpaired) electrons. The first-order chi connectivity index (χ1) is 6.56. The summed E-state index contributed by atoms with van der Waals surface area (Å²) in [7, 11) is 2.02. The molecule has 0 bridgehead atoms. The smallest absolute Gasteiger partial charge is 0.321 e. The Morgan fingerprint density at radius 3 is 2.50 bits per heavy atom. The molecule has 0 saturated carbocycles. The van der Waals surface area contributed by atoms with Gasteiger partial charge >= 0.3 is 6.03 Å². The fraction of sp³-hybridized carbons (Fsp3) is 0.778. The molecule has 0 rings (SSSR count). The molecule has 0 aliphatic carbocycles. The van der Waals surface area contributed by atoms with Crippen LogP contribution in [0.3, 0.4) is 0 Å². The van der Waals surface area contributed by atoms with E-state index in [4.69, 9.17) is 0 Å². The lowest BCUT2D eigenvalue weighted by Crippen LogP contribution is -2.39. The Kier molecular flexibility index (Phi) is 6.74. The number of rotatable bonds is 5. The fourth-order valence-electron chi connectivity index (χ4n) is 0.913. The number of carbonyl (C=O) groups is 2. The fourth-order valence-corrected chi connectivity index (χ4v) is 0.913. The van der Waals surface area contributed by atoms with Crippen LogP contribution in [0.5, 0.6) is 0 Å². The zero-order valence-electron chi connectivity index (χ0n) is 9.09. The number of hydrogen-bond acceptors (Lipinski definition) is 3. The van der Waals surface area contributed by atoms with Gasteiger partial charge in [-0.2, -0.15) is 0 Å². The summed E-state index contributed by atoms with van der Waals surface area (Å²) in [6.07, 6.45) is 0.885. The van der Waals surface area contributed by atoms with Gasteiger partial charge in [0, 0.05) is 13.5 Å². The second-order valence-corrected chi connectivity index (χ2v) is 3.19. The van der Waals surface area contributed by atoms with Crippen LogP contribution >= 0.6 is 0 Å². The Labute approximate surface area is 84.8 Å². The molecule has 0 aromatic carbocycles. The SMILES string of the molecule is CCN(C)CCCNC(=O)NC(C)=O. The lowest BCUT2D eigenvalue weighted by atomic mass is 10.4. The number of urea groups is 1. The standard InChI is InChI=1S/C9H19N3O2/c1-4-12(3)7-5-6-10-9(14)11-8(2)13/h4-7H2,1-3H3,(H2,10,11,13,14). The minimum absolute atomic E-state index is 0.340. The Bertz CT molecular complexity index is 194. The molecule has 2 N–H and O–H groups in total. The minimum atomic E-state index is -0.420. The quantitative estimate of drug-likeness (QED) is 0.623. The van der Waals surface area contributed by atoms with Gasteiger partial charge in [-0.3, -0.25) is 10.1 Å². The first-order valence-corrected chi connectivity index (χ1v) is 4.80. The van der Waals surface area contributed by atoms with E-state index < -0.39 is 6.03 Å². The average molecular weight is 201 g/mol. The molecule has 0 heterocycles. The van der Waals surface area contributed by atoms with Gasteiger partial charge in [0.2, 0.25) is 5.91 Å². The number of nitrogens with one attached hydrogen (secondary N) is 2. The first-order valence-electron chi connectivity index (χ1n) is 4.80. The molecule has 0 saturated heterocycles. The van der Waals surface area contributed by atoms with Gasteiger partial charge in [-0.15, -0.1) is 0 Å². The lowest BCUT2D eigenvalue weighted by molar-refractivity contribution is -0.117. The monoisotopic (exact) mass is 201 g/mol. The maximum Gasteiger partial charge on any atom is 0.321 e. The number of carbonyl (C=O) groups excluding carboxylic acids is 2. The molecule has 0 aliphatic heterocycles. The van der Waals surface area contributed by atoms with Crippen molar-refractivity contribution >= 4 is 11.9 Å². The molecule has 5 nitrogen and oxygen atoms in total. The van der Waals surface area contributed by atoms with Crippen LogP contribution in [0.1, 0.15) is 20.3 Å². The normalized spacial score (nSPS) is 10.0. The molecule has 0 aliphatic rings. The van der Waals surface area contributed by atoms with Gasteiger partial charge in [-0.1, -0.05) is 6.92 Å². The van der Waals surface area contributed by atoms with E-state index >= 15 is 0 Å². The number of amides is 3. The third-order valence-electron chi connectivity index (χ3n) is 1.83. The summed E-state index contributed by atoms with van der Waals surface area (Å²) >= 11 is 0. The van der Waals surface area contributed by atoms with Crippen LogP contribution in [0.25, 0.3) is 0 Å². The highest BCUT2D eigenvalue weighted by molar-refractivity contribution is 5.92. The van der Waals surface area contributed by atoms with Crippen molar-refractivity contribution in [3.8, 4) is 0 Å². The van der Waals surface area contributed by atoms with E-state index in [0.29, 0.717) is 6.54 Å². The average Bonchev–Trinajstić information content (AvgIpc) is 2.10. The first kappa shape index (κ1) is 12.9. The highest BCUT2D eigenvalue weighted by atomic mass is 16.2. The molecule has 0 spiro atoms. The zero-order valence-corrected chi connectivity index (χ0v) is 9.09. The van der Waals surface area contributed by atoms with E-state index in [1.807, 2.05) is 7.05 Å². The Hall–Kier alpha value is -1.10. The van der Waals surface area contributed by atoms with Gasteiger partial charge in [0.1, 0.15) is 0 Å². The van der Waals surface area contributed by atoms with Crippen molar-refractivity contribution in [1.82, 2.24) is 15.5 Å². The molecule has 0 unspecified atom stereocenters. The Balaban J connectivity index is 3.36. The largest absolute Gasteiger partial charge is 0.338 e. The summed E-state index contributed by atoms with van der Waals surface area (Å²) in [4.78, 5) is 23.5. The predicted molar refractivity (Wildman–Crippen MR) is 55.0 cm³/mol. The van der Waals surface area contributed by atoms with Crippen molar-refractivity contribution in [3.63, 3.8) is 0 Å². The minimum Gasteiger partial charge on any atom is -0.338 e. The third kappa shape index (κ3) is 7.54. The molecule has 0 aromatic rings. The summed E-state index contributed by atoms with van der Waals surface area (Å²) in [5, 5.41) is 4.74. The molecule has 0 atom stereocenters. The van der Waals surface area contributed by atoms with Crippen LogP contribution < -0.4 is 10.6 Å². The zero-order chi connectivity index (χ0) is 11.0. The Morgan fingerprint density at radius 2 is 2.00 bits per heavy atom. The highest BCUT2D eigenvalue weighted by Crippen LogP contribution is 1.84. The summed E-state index contributed by atoms with van der Waals surface area (Å²) in [5.41, 5.74) is 0. The third-order valence-corrected chi connectivity index (χ3v) is 1.83. The van der Waals surface area contributed by atoms with Crippen LogP contribution in [-0.2, 0) is 4.79 Å². The molecule has 5 heteroatoms. The van der Waals surface area contributed by atoms with Crippen molar-refractivity contribution in [2.45, 2.75) is 20.3 Å². The molecular weight excluding hydrogens is 182 g/mol. The van der Waals surface area contributed by atoms with E-state index in [2.05, 4.69) is 22.5 Å². The maximum absolute atomic E-state index is 10.9. The number of imide groups is 1. The van der Waals surface area contributed by atoms with Gasteiger partial charge in [0.25, 0.3) is 0 Å². The van der Waals surface area contributed by atoms with Crippen LogP contribution in [0, 0.1) is 0 Å². The van der Waals surface area contributed by atoms with E-state index in [0.717, 1.165) is 19.5 Å². The van der Waals surface area contributed by atoms with Crippen LogP contribution in [-0.4, -0.2) is 43.5 Å². The molecule has 14 heavy (non-hydrogen) atoms. The van der Waals surface area contributed by atoms with Gasteiger partial charge < -0.3 is 10.2 Å². The van der Waals surface area contributed by atoms with Gasteiger partial charge in [0.15, 0.2) is 0 Å². The summed E-state index contributed by atoms with van der Waals surface area (Å²) in [5.74, 6) is -0.340. The van der Waals surface area contributed by atoms with Crippen molar-refractivity contribution in [2.75, 3.05) is 26.7 Å². The van der Waals surface area contributed by atoms with Crippen LogP contribution in [0.2, 0.25) is 0 Å². The van der Waals surface area contributed by atoms with Gasteiger partial charge in [-0.25, -0.2) is 4.79 Å². The second kappa shape index (κ2) is 7.32.